The lowest BCUT2D eigenvalue weighted by molar-refractivity contribution is -0.138. The number of carboxylic acids is 1. The van der Waals surface area contributed by atoms with Crippen LogP contribution < -0.4 is 14.8 Å². The number of carboxylic acid groups (broad SMARTS) is 1. The summed E-state index contributed by atoms with van der Waals surface area (Å²) in [4.78, 5) is 11.5. The highest BCUT2D eigenvalue weighted by molar-refractivity contribution is 5.79. The van der Waals surface area contributed by atoms with E-state index in [0.29, 0.717) is 18.4 Å². The molecule has 1 fully saturated rings. The van der Waals surface area contributed by atoms with Gasteiger partial charge in [-0.05, 0) is 78.8 Å². The third-order valence-corrected chi connectivity index (χ3v) is 7.76. The first-order valence-corrected chi connectivity index (χ1v) is 14.0. The summed E-state index contributed by atoms with van der Waals surface area (Å²) in [6.07, 6.45) is 6.81. The minimum absolute atomic E-state index is 0.0714. The van der Waals surface area contributed by atoms with E-state index in [-0.39, 0.29) is 12.3 Å². The molecule has 2 N–H and O–H groups in total. The molecule has 202 valence electrons. The van der Waals surface area contributed by atoms with E-state index in [0.717, 1.165) is 67.0 Å². The highest BCUT2D eigenvalue weighted by atomic mass is 16.5. The zero-order valence-electron chi connectivity index (χ0n) is 22.7. The SMILES string of the molecule is CCCC(CCNc1cc(OC)ccc1-c1ccccc1)COc1cccc(C(CC(=O)O)C2CCC2)c1. The van der Waals surface area contributed by atoms with E-state index in [1.165, 1.54) is 12.0 Å². The van der Waals surface area contributed by atoms with Gasteiger partial charge in [0.25, 0.3) is 0 Å². The molecule has 1 aliphatic rings. The molecule has 5 heteroatoms. The third-order valence-electron chi connectivity index (χ3n) is 7.76. The van der Waals surface area contributed by atoms with Crippen molar-refractivity contribution in [3.63, 3.8) is 0 Å². The molecule has 2 atom stereocenters. The summed E-state index contributed by atoms with van der Waals surface area (Å²) < 4.78 is 11.8. The van der Waals surface area contributed by atoms with Gasteiger partial charge in [-0.1, -0.05) is 62.2 Å². The minimum atomic E-state index is -0.727. The topological polar surface area (TPSA) is 67.8 Å². The molecule has 0 spiro atoms. The normalized spacial score (nSPS) is 14.8. The monoisotopic (exact) mass is 515 g/mol. The second-order valence-electron chi connectivity index (χ2n) is 10.4. The fourth-order valence-electron chi connectivity index (χ4n) is 5.43. The van der Waals surface area contributed by atoms with Crippen molar-refractivity contribution in [3.05, 3.63) is 78.4 Å². The molecule has 0 amide bonds. The lowest BCUT2D eigenvalue weighted by Crippen LogP contribution is -2.23. The van der Waals surface area contributed by atoms with Crippen molar-refractivity contribution in [2.45, 2.75) is 57.8 Å². The summed E-state index contributed by atoms with van der Waals surface area (Å²) in [5.41, 5.74) is 4.50. The van der Waals surface area contributed by atoms with Crippen LogP contribution >= 0.6 is 0 Å². The van der Waals surface area contributed by atoms with Crippen LogP contribution in [0, 0.1) is 11.8 Å². The van der Waals surface area contributed by atoms with Gasteiger partial charge >= 0.3 is 5.97 Å². The first kappa shape index (κ1) is 27.6. The Morgan fingerprint density at radius 1 is 1.00 bits per heavy atom. The van der Waals surface area contributed by atoms with Gasteiger partial charge < -0.3 is 19.9 Å². The number of carbonyl (C=O) groups is 1. The summed E-state index contributed by atoms with van der Waals surface area (Å²) in [7, 11) is 1.70. The van der Waals surface area contributed by atoms with Crippen LogP contribution in [0.15, 0.2) is 72.8 Å². The van der Waals surface area contributed by atoms with Gasteiger partial charge in [0.05, 0.1) is 20.1 Å². The Hall–Kier alpha value is -3.47. The summed E-state index contributed by atoms with van der Waals surface area (Å²) in [6.45, 7) is 3.70. The van der Waals surface area contributed by atoms with E-state index in [9.17, 15) is 9.90 Å². The standard InChI is InChI=1S/C33H41NO4/c1-3-9-24(18-19-34-32-21-28(37-2)16-17-30(32)25-10-5-4-6-11-25)23-38-29-15-8-14-27(20-29)31(22-33(35)36)26-12-7-13-26/h4-6,8,10-11,14-17,20-21,24,26,31,34H,3,7,9,12-13,18-19,22-23H2,1-2H3,(H,35,36). The first-order chi connectivity index (χ1) is 18.6. The van der Waals surface area contributed by atoms with Crippen molar-refractivity contribution < 1.29 is 19.4 Å². The van der Waals surface area contributed by atoms with Crippen LogP contribution in [0.3, 0.4) is 0 Å². The molecule has 0 radical (unpaired) electrons. The van der Waals surface area contributed by atoms with Crippen molar-refractivity contribution in [2.75, 3.05) is 25.6 Å². The van der Waals surface area contributed by atoms with E-state index in [1.54, 1.807) is 7.11 Å². The molecule has 3 aromatic carbocycles. The largest absolute Gasteiger partial charge is 0.497 e. The average Bonchev–Trinajstić information content (AvgIpc) is 2.90. The number of nitrogens with one attached hydrogen (secondary N) is 1. The highest BCUT2D eigenvalue weighted by Gasteiger charge is 2.30. The molecule has 1 aliphatic carbocycles. The van der Waals surface area contributed by atoms with Crippen molar-refractivity contribution in [2.24, 2.45) is 11.8 Å². The number of rotatable bonds is 15. The number of hydrogen-bond acceptors (Lipinski definition) is 4. The summed E-state index contributed by atoms with van der Waals surface area (Å²) >= 11 is 0. The molecule has 0 bridgehead atoms. The maximum absolute atomic E-state index is 11.5. The Morgan fingerprint density at radius 2 is 1.82 bits per heavy atom. The van der Waals surface area contributed by atoms with Gasteiger partial charge in [-0.15, -0.1) is 0 Å². The number of hydrogen-bond donors (Lipinski definition) is 2. The van der Waals surface area contributed by atoms with E-state index in [1.807, 2.05) is 24.3 Å². The zero-order valence-corrected chi connectivity index (χ0v) is 22.7. The lowest BCUT2D eigenvalue weighted by Gasteiger charge is -2.33. The Balaban J connectivity index is 1.37. The molecule has 4 rings (SSSR count). The van der Waals surface area contributed by atoms with Gasteiger partial charge in [-0.3, -0.25) is 4.79 Å². The number of benzene rings is 3. The van der Waals surface area contributed by atoms with Crippen molar-refractivity contribution in [1.82, 2.24) is 0 Å². The number of aliphatic carboxylic acids is 1. The molecule has 5 nitrogen and oxygen atoms in total. The van der Waals surface area contributed by atoms with Crippen LogP contribution in [0.25, 0.3) is 11.1 Å². The predicted molar refractivity (Wildman–Crippen MR) is 154 cm³/mol. The molecule has 38 heavy (non-hydrogen) atoms. The van der Waals surface area contributed by atoms with E-state index < -0.39 is 5.97 Å². The van der Waals surface area contributed by atoms with Crippen molar-refractivity contribution in [3.8, 4) is 22.6 Å². The molecular formula is C33H41NO4. The minimum Gasteiger partial charge on any atom is -0.497 e. The molecular weight excluding hydrogens is 474 g/mol. The van der Waals surface area contributed by atoms with E-state index >= 15 is 0 Å². The van der Waals surface area contributed by atoms with Crippen LogP contribution in [0.2, 0.25) is 0 Å². The lowest BCUT2D eigenvalue weighted by atomic mass is 9.72. The van der Waals surface area contributed by atoms with Crippen LogP contribution in [0.5, 0.6) is 11.5 Å². The maximum Gasteiger partial charge on any atom is 0.303 e. The van der Waals surface area contributed by atoms with Crippen LogP contribution in [-0.4, -0.2) is 31.3 Å². The van der Waals surface area contributed by atoms with Gasteiger partial charge in [0.15, 0.2) is 0 Å². The average molecular weight is 516 g/mol. The summed E-state index contributed by atoms with van der Waals surface area (Å²) in [6, 6.07) is 24.7. The van der Waals surface area contributed by atoms with Gasteiger partial charge in [-0.25, -0.2) is 0 Å². The van der Waals surface area contributed by atoms with Gasteiger partial charge in [0.1, 0.15) is 11.5 Å². The molecule has 0 heterocycles. The molecule has 0 aromatic heterocycles. The summed E-state index contributed by atoms with van der Waals surface area (Å²) in [5.74, 6) is 1.91. The van der Waals surface area contributed by atoms with E-state index in [4.69, 9.17) is 9.47 Å². The summed E-state index contributed by atoms with van der Waals surface area (Å²) in [5, 5.41) is 13.1. The van der Waals surface area contributed by atoms with Gasteiger partial charge in [0.2, 0.25) is 0 Å². The van der Waals surface area contributed by atoms with Crippen molar-refractivity contribution in [1.29, 1.82) is 0 Å². The Bertz CT molecular complexity index is 1160. The number of ether oxygens (including phenoxy) is 2. The van der Waals surface area contributed by atoms with Crippen LogP contribution in [0.4, 0.5) is 5.69 Å². The van der Waals surface area contributed by atoms with Crippen molar-refractivity contribution >= 4 is 11.7 Å². The van der Waals surface area contributed by atoms with Crippen LogP contribution in [-0.2, 0) is 4.79 Å². The number of anilines is 1. The second kappa shape index (κ2) is 13.9. The second-order valence-corrected chi connectivity index (χ2v) is 10.4. The quantitative estimate of drug-likeness (QED) is 0.214. The Labute approximate surface area is 227 Å². The zero-order chi connectivity index (χ0) is 26.7. The first-order valence-electron chi connectivity index (χ1n) is 14.0. The highest BCUT2D eigenvalue weighted by Crippen LogP contribution is 2.42. The Morgan fingerprint density at radius 3 is 2.50 bits per heavy atom. The van der Waals surface area contributed by atoms with Gasteiger partial charge in [0, 0.05) is 23.9 Å². The fourth-order valence-corrected chi connectivity index (χ4v) is 5.43. The predicted octanol–water partition coefficient (Wildman–Crippen LogP) is 8.02. The fraction of sp³-hybridized carbons (Fsp3) is 0.424. The Kier molecular flexibility index (Phi) is 10.1. The molecule has 0 saturated heterocycles. The maximum atomic E-state index is 11.5. The van der Waals surface area contributed by atoms with E-state index in [2.05, 4.69) is 60.8 Å². The number of methoxy groups -OCH3 is 1. The van der Waals surface area contributed by atoms with Gasteiger partial charge in [-0.2, -0.15) is 0 Å². The molecule has 1 saturated carbocycles. The smallest absolute Gasteiger partial charge is 0.303 e. The third kappa shape index (κ3) is 7.53. The molecule has 3 aromatic rings. The molecule has 0 aliphatic heterocycles. The molecule has 2 unspecified atom stereocenters. The van der Waals surface area contributed by atoms with Crippen LogP contribution in [0.1, 0.15) is 63.4 Å².